The highest BCUT2D eigenvalue weighted by Crippen LogP contribution is 2.36. The van der Waals surface area contributed by atoms with E-state index in [9.17, 15) is 4.79 Å². The molecule has 2 N–H and O–H groups in total. The Bertz CT molecular complexity index is 1320. The van der Waals surface area contributed by atoms with E-state index in [0.717, 1.165) is 37.8 Å². The maximum absolute atomic E-state index is 12.9. The molecule has 1 atom stereocenters. The van der Waals surface area contributed by atoms with Crippen LogP contribution in [0.1, 0.15) is 33.3 Å². The topological polar surface area (TPSA) is 57.8 Å². The minimum atomic E-state index is -0.131. The third-order valence-electron chi connectivity index (χ3n) is 5.88. The van der Waals surface area contributed by atoms with Crippen LogP contribution in [0.3, 0.4) is 0 Å². The highest BCUT2D eigenvalue weighted by atomic mass is 79.9. The van der Waals surface area contributed by atoms with E-state index >= 15 is 0 Å². The fourth-order valence-corrected chi connectivity index (χ4v) is 3.96. The number of aromatic nitrogens is 2. The molecule has 0 saturated carbocycles. The standard InChI is InChI=1S/C25H26BrN3O/c1-14-8-6-7-9-17(14)20-13-27-24(30)21-19-12-16(26)10-11-18(19)23(29-22(20)21)28-15(2)25(3,4)5/h6-13,15H,1-5H3,(H,27,30)(H,28,29). The number of fused-ring (bicyclic) bond motifs is 3. The molecular formula is C25H26BrN3O. The third-order valence-corrected chi connectivity index (χ3v) is 6.38. The molecule has 5 heteroatoms. The second-order valence-corrected chi connectivity index (χ2v) is 9.87. The predicted molar refractivity (Wildman–Crippen MR) is 130 cm³/mol. The van der Waals surface area contributed by atoms with Crippen molar-refractivity contribution in [1.82, 2.24) is 9.97 Å². The molecule has 0 spiro atoms. The molecule has 0 aliphatic rings. The third kappa shape index (κ3) is 3.63. The highest BCUT2D eigenvalue weighted by Gasteiger charge is 2.22. The number of hydrogen-bond donors (Lipinski definition) is 2. The maximum Gasteiger partial charge on any atom is 0.258 e. The van der Waals surface area contributed by atoms with Crippen LogP contribution < -0.4 is 10.9 Å². The molecule has 0 radical (unpaired) electrons. The quantitative estimate of drug-likeness (QED) is 0.333. The van der Waals surface area contributed by atoms with E-state index in [4.69, 9.17) is 4.98 Å². The smallest absolute Gasteiger partial charge is 0.258 e. The van der Waals surface area contributed by atoms with Crippen LogP contribution in [0.2, 0.25) is 0 Å². The summed E-state index contributed by atoms with van der Waals surface area (Å²) in [4.78, 5) is 20.9. The van der Waals surface area contributed by atoms with Gasteiger partial charge in [-0.15, -0.1) is 0 Å². The molecule has 30 heavy (non-hydrogen) atoms. The molecule has 0 amide bonds. The Morgan fingerprint density at radius 3 is 2.50 bits per heavy atom. The van der Waals surface area contributed by atoms with Crippen LogP contribution >= 0.6 is 15.9 Å². The van der Waals surface area contributed by atoms with Gasteiger partial charge in [0.25, 0.3) is 5.56 Å². The van der Waals surface area contributed by atoms with Crippen molar-refractivity contribution in [2.24, 2.45) is 5.41 Å². The van der Waals surface area contributed by atoms with E-state index in [1.807, 2.05) is 30.3 Å². The average Bonchev–Trinajstić information content (AvgIpc) is 2.68. The molecule has 0 fully saturated rings. The van der Waals surface area contributed by atoms with Crippen molar-refractivity contribution in [1.29, 1.82) is 0 Å². The minimum absolute atomic E-state index is 0.0608. The molecule has 154 valence electrons. The van der Waals surface area contributed by atoms with Gasteiger partial charge in [-0.05, 0) is 48.6 Å². The number of halogens is 1. The van der Waals surface area contributed by atoms with Crippen LogP contribution in [0.25, 0.3) is 32.8 Å². The second-order valence-electron chi connectivity index (χ2n) is 8.95. The second kappa shape index (κ2) is 7.55. The van der Waals surface area contributed by atoms with Gasteiger partial charge >= 0.3 is 0 Å². The van der Waals surface area contributed by atoms with Gasteiger partial charge in [0.05, 0.1) is 10.9 Å². The van der Waals surface area contributed by atoms with E-state index in [2.05, 4.69) is 73.0 Å². The molecule has 4 aromatic rings. The van der Waals surface area contributed by atoms with Gasteiger partial charge in [0.2, 0.25) is 0 Å². The first kappa shape index (κ1) is 20.6. The van der Waals surface area contributed by atoms with Gasteiger partial charge in [-0.2, -0.15) is 0 Å². The Hall–Kier alpha value is -2.66. The number of benzene rings is 2. The monoisotopic (exact) mass is 463 g/mol. The number of H-pyrrole nitrogens is 1. The van der Waals surface area contributed by atoms with Crippen LogP contribution in [-0.2, 0) is 0 Å². The van der Waals surface area contributed by atoms with E-state index in [1.54, 1.807) is 6.20 Å². The van der Waals surface area contributed by atoms with Gasteiger partial charge in [-0.3, -0.25) is 4.79 Å². The van der Waals surface area contributed by atoms with E-state index in [0.29, 0.717) is 10.9 Å². The molecule has 0 saturated heterocycles. The molecular weight excluding hydrogens is 438 g/mol. The van der Waals surface area contributed by atoms with Crippen LogP contribution in [0.4, 0.5) is 5.82 Å². The Balaban J connectivity index is 2.11. The summed E-state index contributed by atoms with van der Waals surface area (Å²) in [5.74, 6) is 0.799. The lowest BCUT2D eigenvalue weighted by Gasteiger charge is -2.29. The van der Waals surface area contributed by atoms with Crippen molar-refractivity contribution in [2.75, 3.05) is 5.32 Å². The summed E-state index contributed by atoms with van der Waals surface area (Å²) in [6, 6.07) is 14.4. The molecule has 2 aromatic carbocycles. The number of pyridine rings is 2. The first-order valence-electron chi connectivity index (χ1n) is 10.1. The maximum atomic E-state index is 12.9. The lowest BCUT2D eigenvalue weighted by Crippen LogP contribution is -2.31. The van der Waals surface area contributed by atoms with Gasteiger partial charge < -0.3 is 10.3 Å². The van der Waals surface area contributed by atoms with Crippen LogP contribution in [0, 0.1) is 12.3 Å². The van der Waals surface area contributed by atoms with E-state index in [1.165, 1.54) is 0 Å². The SMILES string of the molecule is Cc1ccccc1-c1c[nH]c(=O)c2c1nc(NC(C)C(C)(C)C)c1ccc(Br)cc12. The number of hydrogen-bond acceptors (Lipinski definition) is 3. The van der Waals surface area contributed by atoms with Crippen LogP contribution in [0.15, 0.2) is 57.9 Å². The molecule has 2 heterocycles. The normalized spacial score (nSPS) is 13.0. The molecule has 0 bridgehead atoms. The summed E-state index contributed by atoms with van der Waals surface area (Å²) in [5, 5.41) is 6.05. The Labute approximate surface area is 184 Å². The zero-order valence-electron chi connectivity index (χ0n) is 17.9. The highest BCUT2D eigenvalue weighted by molar-refractivity contribution is 9.10. The molecule has 0 aliphatic heterocycles. The zero-order valence-corrected chi connectivity index (χ0v) is 19.5. The van der Waals surface area contributed by atoms with E-state index in [-0.39, 0.29) is 17.0 Å². The fraction of sp³-hybridized carbons (Fsp3) is 0.280. The Morgan fingerprint density at radius 2 is 1.80 bits per heavy atom. The Kier molecular flexibility index (Phi) is 5.18. The van der Waals surface area contributed by atoms with Crippen LogP contribution in [0.5, 0.6) is 0 Å². The van der Waals surface area contributed by atoms with Crippen molar-refractivity contribution in [3.8, 4) is 11.1 Å². The fourth-order valence-electron chi connectivity index (χ4n) is 3.60. The van der Waals surface area contributed by atoms with Crippen molar-refractivity contribution in [3.05, 3.63) is 69.1 Å². The van der Waals surface area contributed by atoms with Gasteiger partial charge in [0.1, 0.15) is 5.82 Å². The average molecular weight is 464 g/mol. The number of nitrogens with one attached hydrogen (secondary N) is 2. The molecule has 2 aromatic heterocycles. The zero-order chi connectivity index (χ0) is 21.6. The van der Waals surface area contributed by atoms with Crippen molar-refractivity contribution < 1.29 is 0 Å². The minimum Gasteiger partial charge on any atom is -0.367 e. The number of rotatable bonds is 3. The molecule has 0 aliphatic carbocycles. The van der Waals surface area contributed by atoms with Gasteiger partial charge in [0.15, 0.2) is 0 Å². The number of aromatic amines is 1. The van der Waals surface area contributed by atoms with Gasteiger partial charge in [-0.1, -0.05) is 61.0 Å². The lowest BCUT2D eigenvalue weighted by molar-refractivity contribution is 0.359. The van der Waals surface area contributed by atoms with Crippen molar-refractivity contribution >= 4 is 43.4 Å². The Morgan fingerprint density at radius 1 is 1.07 bits per heavy atom. The number of aryl methyl sites for hydroxylation is 1. The largest absolute Gasteiger partial charge is 0.367 e. The van der Waals surface area contributed by atoms with Gasteiger partial charge in [-0.25, -0.2) is 4.98 Å². The number of anilines is 1. The van der Waals surface area contributed by atoms with E-state index < -0.39 is 0 Å². The van der Waals surface area contributed by atoms with Gasteiger partial charge in [0, 0.05) is 33.0 Å². The number of nitrogens with zero attached hydrogens (tertiary/aromatic N) is 1. The summed E-state index contributed by atoms with van der Waals surface area (Å²) >= 11 is 3.57. The lowest BCUT2D eigenvalue weighted by atomic mass is 9.88. The van der Waals surface area contributed by atoms with Crippen LogP contribution in [-0.4, -0.2) is 16.0 Å². The summed E-state index contributed by atoms with van der Waals surface area (Å²) in [6.45, 7) is 10.8. The molecule has 1 unspecified atom stereocenters. The first-order valence-corrected chi connectivity index (χ1v) is 10.9. The summed E-state index contributed by atoms with van der Waals surface area (Å²) in [7, 11) is 0. The summed E-state index contributed by atoms with van der Waals surface area (Å²) in [5.41, 5.74) is 3.77. The summed E-state index contributed by atoms with van der Waals surface area (Å²) < 4.78 is 0.929. The molecule has 4 rings (SSSR count). The van der Waals surface area contributed by atoms with Crippen molar-refractivity contribution in [3.63, 3.8) is 0 Å². The molecule has 4 nitrogen and oxygen atoms in total. The summed E-state index contributed by atoms with van der Waals surface area (Å²) in [6.07, 6.45) is 1.78. The van der Waals surface area contributed by atoms with Crippen molar-refractivity contribution in [2.45, 2.75) is 40.7 Å². The predicted octanol–water partition coefficient (Wildman–Crippen LogP) is 6.66. The first-order chi connectivity index (χ1) is 14.2.